The van der Waals surface area contributed by atoms with Gasteiger partial charge in [-0.05, 0) is 30.3 Å². The van der Waals surface area contributed by atoms with Gasteiger partial charge in [0.2, 0.25) is 0 Å². The van der Waals surface area contributed by atoms with E-state index in [2.05, 4.69) is 17.2 Å². The zero-order chi connectivity index (χ0) is 15.1. The zero-order valence-electron chi connectivity index (χ0n) is 11.9. The van der Waals surface area contributed by atoms with E-state index in [1.165, 1.54) is 0 Å². The van der Waals surface area contributed by atoms with E-state index in [1.54, 1.807) is 0 Å². The minimum atomic E-state index is -0.145. The van der Waals surface area contributed by atoms with Crippen LogP contribution in [0.3, 0.4) is 0 Å². The Morgan fingerprint density at radius 2 is 1.90 bits per heavy atom. The third kappa shape index (κ3) is 4.82. The molecule has 2 N–H and O–H groups in total. The van der Waals surface area contributed by atoms with Gasteiger partial charge in [0.05, 0.1) is 6.04 Å². The highest BCUT2D eigenvalue weighted by Gasteiger charge is 2.13. The fraction of sp³-hybridized carbons (Fsp3) is 0.222. The van der Waals surface area contributed by atoms with Crippen LogP contribution in [0.2, 0.25) is 5.02 Å². The zero-order valence-corrected chi connectivity index (χ0v) is 12.6. The Labute approximate surface area is 130 Å². The summed E-state index contributed by atoms with van der Waals surface area (Å²) >= 11 is 5.99. The van der Waals surface area contributed by atoms with Crippen LogP contribution in [-0.2, 0) is 0 Å². The summed E-state index contributed by atoms with van der Waals surface area (Å²) in [6.45, 7) is 2.03. The first-order valence-electron chi connectivity index (χ1n) is 6.88. The van der Waals surface area contributed by atoms with Gasteiger partial charge in [-0.3, -0.25) is 0 Å². The predicted octanol–water partition coefficient (Wildman–Crippen LogP) is 3.80. The van der Waals surface area contributed by atoms with Crippen LogP contribution in [0.5, 0.6) is 0 Å². The average Bonchev–Trinajstić information content (AvgIpc) is 2.51. The number of nitrogens with one attached hydrogen (secondary N) is 1. The number of halogens is 1. The van der Waals surface area contributed by atoms with Crippen molar-refractivity contribution in [2.45, 2.75) is 13.0 Å². The third-order valence-electron chi connectivity index (χ3n) is 3.15. The summed E-state index contributed by atoms with van der Waals surface area (Å²) < 4.78 is 0. The van der Waals surface area contributed by atoms with Crippen molar-refractivity contribution in [2.75, 3.05) is 11.9 Å². The van der Waals surface area contributed by atoms with E-state index in [-0.39, 0.29) is 18.6 Å². The van der Waals surface area contributed by atoms with Crippen LogP contribution in [0.15, 0.2) is 54.6 Å². The molecule has 0 unspecified atom stereocenters. The topological polar surface area (TPSA) is 32.3 Å². The maximum atomic E-state index is 9.40. The first kappa shape index (κ1) is 15.4. The molecule has 3 heteroatoms. The van der Waals surface area contributed by atoms with Gasteiger partial charge in [0.1, 0.15) is 0 Å². The van der Waals surface area contributed by atoms with Gasteiger partial charge in [0, 0.05) is 28.8 Å². The van der Waals surface area contributed by atoms with Gasteiger partial charge >= 0.3 is 0 Å². The van der Waals surface area contributed by atoms with Crippen LogP contribution in [-0.4, -0.2) is 17.8 Å². The molecule has 2 aromatic carbocycles. The van der Waals surface area contributed by atoms with Crippen LogP contribution in [0.25, 0.3) is 0 Å². The number of hydrogen-bond acceptors (Lipinski definition) is 2. The highest BCUT2D eigenvalue weighted by molar-refractivity contribution is 6.30. The lowest BCUT2D eigenvalue weighted by Crippen LogP contribution is -2.28. The van der Waals surface area contributed by atoms with E-state index in [1.807, 2.05) is 61.5 Å². The minimum Gasteiger partial charge on any atom is -0.396 e. The lowest BCUT2D eigenvalue weighted by atomic mass is 10.0. The van der Waals surface area contributed by atoms with Gasteiger partial charge in [-0.1, -0.05) is 54.6 Å². The number of benzene rings is 2. The lowest BCUT2D eigenvalue weighted by Gasteiger charge is -2.19. The molecule has 0 spiro atoms. The van der Waals surface area contributed by atoms with Gasteiger partial charge in [-0.25, -0.2) is 0 Å². The summed E-state index contributed by atoms with van der Waals surface area (Å²) in [6.07, 6.45) is 0. The Kier molecular flexibility index (Phi) is 5.68. The molecule has 0 heterocycles. The Hall–Kier alpha value is -1.95. The van der Waals surface area contributed by atoms with Crippen molar-refractivity contribution in [3.8, 4) is 11.8 Å². The van der Waals surface area contributed by atoms with Gasteiger partial charge in [0.25, 0.3) is 0 Å². The van der Waals surface area contributed by atoms with E-state index in [4.69, 9.17) is 11.6 Å². The maximum Gasteiger partial charge on any atom is 0.0928 e. The number of aliphatic hydroxyl groups is 1. The molecule has 2 rings (SSSR count). The van der Waals surface area contributed by atoms with Crippen molar-refractivity contribution in [3.63, 3.8) is 0 Å². The van der Waals surface area contributed by atoms with E-state index in [9.17, 15) is 5.11 Å². The quantitative estimate of drug-likeness (QED) is 0.842. The fourth-order valence-electron chi connectivity index (χ4n) is 1.87. The third-order valence-corrected chi connectivity index (χ3v) is 3.38. The van der Waals surface area contributed by atoms with Crippen molar-refractivity contribution in [3.05, 3.63) is 65.2 Å². The highest BCUT2D eigenvalue weighted by atomic mass is 35.5. The minimum absolute atomic E-state index is 0.0141. The lowest BCUT2D eigenvalue weighted by molar-refractivity contribution is 0.233. The SMILES string of the molecule is C[C@@H](CO)[C@@H](C#Cc1ccccc1)Nc1cccc(Cl)c1. The Morgan fingerprint density at radius 1 is 1.14 bits per heavy atom. The molecule has 0 amide bonds. The smallest absolute Gasteiger partial charge is 0.0928 e. The maximum absolute atomic E-state index is 9.40. The molecule has 0 aliphatic carbocycles. The molecule has 0 fully saturated rings. The average molecular weight is 300 g/mol. The number of anilines is 1. The molecule has 2 nitrogen and oxygen atoms in total. The van der Waals surface area contributed by atoms with E-state index in [0.29, 0.717) is 5.02 Å². The molecule has 0 saturated heterocycles. The summed E-state index contributed by atoms with van der Waals surface area (Å²) in [4.78, 5) is 0. The molecule has 0 radical (unpaired) electrons. The fourth-order valence-corrected chi connectivity index (χ4v) is 2.06. The van der Waals surface area contributed by atoms with Crippen LogP contribution in [0, 0.1) is 17.8 Å². The molecule has 0 saturated carbocycles. The highest BCUT2D eigenvalue weighted by Crippen LogP contribution is 2.17. The van der Waals surface area contributed by atoms with Crippen molar-refractivity contribution >= 4 is 17.3 Å². The largest absolute Gasteiger partial charge is 0.396 e. The number of hydrogen-bond donors (Lipinski definition) is 2. The van der Waals surface area contributed by atoms with Crippen LogP contribution in [0.4, 0.5) is 5.69 Å². The summed E-state index contributed by atoms with van der Waals surface area (Å²) in [5, 5.41) is 13.4. The van der Waals surface area contributed by atoms with Crippen LogP contribution in [0.1, 0.15) is 12.5 Å². The molecule has 0 aliphatic heterocycles. The second kappa shape index (κ2) is 7.73. The van der Waals surface area contributed by atoms with Crippen LogP contribution >= 0.6 is 11.6 Å². The second-order valence-electron chi connectivity index (χ2n) is 4.93. The number of rotatable bonds is 4. The van der Waals surface area contributed by atoms with Crippen molar-refractivity contribution in [1.82, 2.24) is 0 Å². The van der Waals surface area contributed by atoms with Crippen LogP contribution < -0.4 is 5.32 Å². The van der Waals surface area contributed by atoms with E-state index < -0.39 is 0 Å². The molecular weight excluding hydrogens is 282 g/mol. The molecule has 108 valence electrons. The van der Waals surface area contributed by atoms with E-state index >= 15 is 0 Å². The molecule has 0 aliphatic rings. The Bertz CT molecular complexity index is 630. The molecule has 2 atom stereocenters. The molecule has 0 aromatic heterocycles. The summed E-state index contributed by atoms with van der Waals surface area (Å²) in [6, 6.07) is 17.2. The number of aliphatic hydroxyl groups excluding tert-OH is 1. The first-order valence-corrected chi connectivity index (χ1v) is 7.26. The van der Waals surface area contributed by atoms with E-state index in [0.717, 1.165) is 11.3 Å². The van der Waals surface area contributed by atoms with Crippen molar-refractivity contribution in [1.29, 1.82) is 0 Å². The second-order valence-corrected chi connectivity index (χ2v) is 5.36. The standard InChI is InChI=1S/C18H18ClNO/c1-14(13-21)18(11-10-15-6-3-2-4-7-15)20-17-9-5-8-16(19)12-17/h2-9,12,14,18,20-21H,13H2,1H3/t14-,18+/m0/s1. The van der Waals surface area contributed by atoms with Crippen molar-refractivity contribution in [2.24, 2.45) is 5.92 Å². The first-order chi connectivity index (χ1) is 10.2. The molecule has 2 aromatic rings. The van der Waals surface area contributed by atoms with Crippen molar-refractivity contribution < 1.29 is 5.11 Å². The normalized spacial score (nSPS) is 12.9. The van der Waals surface area contributed by atoms with Gasteiger partial charge in [-0.2, -0.15) is 0 Å². The monoisotopic (exact) mass is 299 g/mol. The Morgan fingerprint density at radius 3 is 2.57 bits per heavy atom. The Balaban J connectivity index is 2.17. The predicted molar refractivity (Wildman–Crippen MR) is 88.4 cm³/mol. The summed E-state index contributed by atoms with van der Waals surface area (Å²) in [5.74, 6) is 6.34. The van der Waals surface area contributed by atoms with Gasteiger partial charge in [-0.15, -0.1) is 0 Å². The van der Waals surface area contributed by atoms with Gasteiger partial charge in [0.15, 0.2) is 0 Å². The molecule has 0 bridgehead atoms. The molecule has 21 heavy (non-hydrogen) atoms. The summed E-state index contributed by atoms with van der Waals surface area (Å²) in [5.41, 5.74) is 1.86. The van der Waals surface area contributed by atoms with Gasteiger partial charge < -0.3 is 10.4 Å². The summed E-state index contributed by atoms with van der Waals surface area (Å²) in [7, 11) is 0. The molecular formula is C18H18ClNO.